The summed E-state index contributed by atoms with van der Waals surface area (Å²) in [6.45, 7) is 13.7. The second-order valence-corrected chi connectivity index (χ2v) is 8.50. The average molecular weight is 370 g/mol. The van der Waals surface area contributed by atoms with E-state index >= 15 is 0 Å². The van der Waals surface area contributed by atoms with Gasteiger partial charge in [-0.3, -0.25) is 4.79 Å². The van der Waals surface area contributed by atoms with E-state index in [0.717, 1.165) is 18.7 Å². The summed E-state index contributed by atoms with van der Waals surface area (Å²) in [5.74, 6) is 1.66. The number of carbonyl (C=O) groups is 1. The van der Waals surface area contributed by atoms with E-state index in [0.29, 0.717) is 11.3 Å². The average Bonchev–Trinajstić information content (AvgIpc) is 3.06. The highest BCUT2D eigenvalue weighted by Crippen LogP contribution is 2.52. The van der Waals surface area contributed by atoms with E-state index in [1.165, 1.54) is 11.1 Å². The topological polar surface area (TPSA) is 42.7 Å². The summed E-state index contributed by atoms with van der Waals surface area (Å²) in [6.07, 6.45) is 2.49. The van der Waals surface area contributed by atoms with Crippen molar-refractivity contribution in [2.75, 3.05) is 13.7 Å². The molecule has 1 saturated heterocycles. The van der Waals surface area contributed by atoms with Crippen LogP contribution in [0.5, 0.6) is 5.75 Å². The van der Waals surface area contributed by atoms with Crippen LogP contribution in [0.15, 0.2) is 34.9 Å². The SMILES string of the molecule is COc1cccc([C@]2(C)CCN(C(=O)c3ccoc3C)[C@H](C)C2(C)C)c1C. The highest BCUT2D eigenvalue weighted by Gasteiger charge is 2.52. The maximum absolute atomic E-state index is 13.1. The number of rotatable bonds is 3. The van der Waals surface area contributed by atoms with E-state index in [1.54, 1.807) is 19.4 Å². The van der Waals surface area contributed by atoms with Crippen LogP contribution in [-0.4, -0.2) is 30.5 Å². The number of amides is 1. The maximum atomic E-state index is 13.1. The van der Waals surface area contributed by atoms with E-state index in [9.17, 15) is 4.79 Å². The molecule has 2 aromatic rings. The van der Waals surface area contributed by atoms with Gasteiger partial charge in [0, 0.05) is 18.0 Å². The number of furan rings is 1. The van der Waals surface area contributed by atoms with Gasteiger partial charge in [-0.15, -0.1) is 0 Å². The van der Waals surface area contributed by atoms with Crippen LogP contribution in [-0.2, 0) is 5.41 Å². The molecule has 1 aromatic heterocycles. The summed E-state index contributed by atoms with van der Waals surface area (Å²) in [5.41, 5.74) is 2.99. The minimum absolute atomic E-state index is 0.0613. The van der Waals surface area contributed by atoms with Crippen LogP contribution in [0, 0.1) is 19.3 Å². The first-order valence-electron chi connectivity index (χ1n) is 9.64. The largest absolute Gasteiger partial charge is 0.496 e. The minimum atomic E-state index is -0.115. The molecular formula is C23H31NO3. The van der Waals surface area contributed by atoms with Gasteiger partial charge in [-0.05, 0) is 55.9 Å². The van der Waals surface area contributed by atoms with Crippen molar-refractivity contribution in [2.24, 2.45) is 5.41 Å². The molecule has 1 aromatic carbocycles. The smallest absolute Gasteiger partial charge is 0.257 e. The zero-order valence-electron chi connectivity index (χ0n) is 17.6. The molecule has 3 rings (SSSR count). The van der Waals surface area contributed by atoms with Crippen LogP contribution in [0.4, 0.5) is 0 Å². The lowest BCUT2D eigenvalue weighted by Crippen LogP contribution is -2.60. The van der Waals surface area contributed by atoms with Gasteiger partial charge in [0.1, 0.15) is 11.5 Å². The van der Waals surface area contributed by atoms with Crippen LogP contribution < -0.4 is 4.74 Å². The minimum Gasteiger partial charge on any atom is -0.496 e. The number of piperidine rings is 1. The summed E-state index contributed by atoms with van der Waals surface area (Å²) < 4.78 is 10.9. The quantitative estimate of drug-likeness (QED) is 0.754. The molecule has 146 valence electrons. The molecule has 1 aliphatic rings. The summed E-state index contributed by atoms with van der Waals surface area (Å²) in [5, 5.41) is 0. The van der Waals surface area contributed by atoms with E-state index in [2.05, 4.69) is 46.8 Å². The van der Waals surface area contributed by atoms with Crippen molar-refractivity contribution >= 4 is 5.91 Å². The number of carbonyl (C=O) groups excluding carboxylic acids is 1. The molecule has 2 atom stereocenters. The highest BCUT2D eigenvalue weighted by atomic mass is 16.5. The lowest BCUT2D eigenvalue weighted by molar-refractivity contribution is -0.0101. The van der Waals surface area contributed by atoms with Gasteiger partial charge >= 0.3 is 0 Å². The van der Waals surface area contributed by atoms with Gasteiger partial charge in [-0.2, -0.15) is 0 Å². The van der Waals surface area contributed by atoms with E-state index in [4.69, 9.17) is 9.15 Å². The Morgan fingerprint density at radius 3 is 2.52 bits per heavy atom. The third-order valence-electron chi connectivity index (χ3n) is 7.24. The second kappa shape index (κ2) is 6.74. The highest BCUT2D eigenvalue weighted by molar-refractivity contribution is 5.95. The fraction of sp³-hybridized carbons (Fsp3) is 0.522. The number of likely N-dealkylation sites (tertiary alicyclic amines) is 1. The third kappa shape index (κ3) is 2.86. The van der Waals surface area contributed by atoms with Crippen molar-refractivity contribution in [2.45, 2.75) is 59.4 Å². The predicted molar refractivity (Wildman–Crippen MR) is 107 cm³/mol. The molecule has 1 amide bonds. The van der Waals surface area contributed by atoms with Crippen LogP contribution in [0.1, 0.15) is 61.4 Å². The molecule has 0 spiro atoms. The molecule has 0 unspecified atom stereocenters. The summed E-state index contributed by atoms with van der Waals surface area (Å²) >= 11 is 0. The first kappa shape index (κ1) is 19.5. The van der Waals surface area contributed by atoms with E-state index in [1.807, 2.05) is 17.9 Å². The van der Waals surface area contributed by atoms with E-state index < -0.39 is 0 Å². The molecule has 2 heterocycles. The summed E-state index contributed by atoms with van der Waals surface area (Å²) in [6, 6.07) is 8.16. The lowest BCUT2D eigenvalue weighted by atomic mass is 9.55. The Hall–Kier alpha value is -2.23. The van der Waals surface area contributed by atoms with Crippen LogP contribution in [0.25, 0.3) is 0 Å². The number of nitrogens with zero attached hydrogens (tertiary/aromatic N) is 1. The third-order valence-corrected chi connectivity index (χ3v) is 7.24. The second-order valence-electron chi connectivity index (χ2n) is 8.50. The normalized spacial score (nSPS) is 24.7. The Morgan fingerprint density at radius 1 is 1.22 bits per heavy atom. The Labute approximate surface area is 162 Å². The lowest BCUT2D eigenvalue weighted by Gasteiger charge is -2.56. The number of benzene rings is 1. The Balaban J connectivity index is 1.99. The van der Waals surface area contributed by atoms with Crippen molar-refractivity contribution in [3.05, 3.63) is 53.0 Å². The molecule has 1 aliphatic heterocycles. The Kier molecular flexibility index (Phi) is 4.87. The fourth-order valence-corrected chi connectivity index (χ4v) is 4.66. The number of methoxy groups -OCH3 is 1. The molecule has 0 saturated carbocycles. The predicted octanol–water partition coefficient (Wildman–Crippen LogP) is 5.12. The van der Waals surface area contributed by atoms with Gasteiger partial charge < -0.3 is 14.1 Å². The summed E-state index contributed by atoms with van der Waals surface area (Å²) in [7, 11) is 1.72. The molecular weight excluding hydrogens is 338 g/mol. The molecule has 0 radical (unpaired) electrons. The van der Waals surface area contributed by atoms with Gasteiger partial charge in [0.15, 0.2) is 0 Å². The van der Waals surface area contributed by atoms with Crippen molar-refractivity contribution in [1.82, 2.24) is 4.90 Å². The van der Waals surface area contributed by atoms with Crippen molar-refractivity contribution < 1.29 is 13.9 Å². The van der Waals surface area contributed by atoms with Crippen LogP contribution in [0.3, 0.4) is 0 Å². The molecule has 0 N–H and O–H groups in total. The molecule has 0 bridgehead atoms. The van der Waals surface area contributed by atoms with Gasteiger partial charge in [0.25, 0.3) is 5.91 Å². The molecule has 1 fully saturated rings. The molecule has 4 nitrogen and oxygen atoms in total. The first-order valence-corrected chi connectivity index (χ1v) is 9.64. The van der Waals surface area contributed by atoms with E-state index in [-0.39, 0.29) is 22.8 Å². The van der Waals surface area contributed by atoms with Gasteiger partial charge in [-0.1, -0.05) is 32.9 Å². The number of hydrogen-bond acceptors (Lipinski definition) is 3. The van der Waals surface area contributed by atoms with Gasteiger partial charge in [0.05, 0.1) is 18.9 Å². The van der Waals surface area contributed by atoms with Gasteiger partial charge in [-0.25, -0.2) is 0 Å². The zero-order valence-corrected chi connectivity index (χ0v) is 17.6. The van der Waals surface area contributed by atoms with Crippen molar-refractivity contribution in [1.29, 1.82) is 0 Å². The monoisotopic (exact) mass is 369 g/mol. The summed E-state index contributed by atoms with van der Waals surface area (Å²) in [4.78, 5) is 15.1. The first-order chi connectivity index (χ1) is 12.6. The fourth-order valence-electron chi connectivity index (χ4n) is 4.66. The standard InChI is InChI=1S/C23H31NO3/c1-15-19(9-8-10-20(15)26-7)23(6)12-13-24(17(3)22(23,4)5)21(25)18-11-14-27-16(18)2/h8-11,14,17H,12-13H2,1-7H3/t17-,23+/m1/s1. The van der Waals surface area contributed by atoms with Crippen molar-refractivity contribution in [3.63, 3.8) is 0 Å². The van der Waals surface area contributed by atoms with Crippen LogP contribution >= 0.6 is 0 Å². The number of ether oxygens (including phenoxy) is 1. The van der Waals surface area contributed by atoms with Gasteiger partial charge in [0.2, 0.25) is 0 Å². The Bertz CT molecular complexity index is 851. The Morgan fingerprint density at radius 2 is 1.93 bits per heavy atom. The zero-order chi connectivity index (χ0) is 20.0. The molecule has 27 heavy (non-hydrogen) atoms. The molecule has 4 heteroatoms. The molecule has 0 aliphatic carbocycles. The number of aryl methyl sites for hydroxylation is 1. The maximum Gasteiger partial charge on any atom is 0.257 e. The van der Waals surface area contributed by atoms with Crippen molar-refractivity contribution in [3.8, 4) is 5.75 Å². The number of hydrogen-bond donors (Lipinski definition) is 0. The van der Waals surface area contributed by atoms with Crippen LogP contribution in [0.2, 0.25) is 0 Å².